The van der Waals surface area contributed by atoms with Crippen LogP contribution in [0, 0.1) is 23.2 Å². The molecule has 1 heterocycles. The summed E-state index contributed by atoms with van der Waals surface area (Å²) >= 11 is 0. The van der Waals surface area contributed by atoms with Gasteiger partial charge in [-0.3, -0.25) is 9.59 Å². The zero-order valence-corrected chi connectivity index (χ0v) is 13.7. The number of hydrazone groups is 1. The number of nitrogens with one attached hydrogen (secondary N) is 2. The molecule has 4 bridgehead atoms. The molecule has 2 amide bonds. The predicted molar refractivity (Wildman–Crippen MR) is 88.1 cm³/mol. The first-order valence-corrected chi connectivity index (χ1v) is 8.77. The van der Waals surface area contributed by atoms with Gasteiger partial charge in [0.1, 0.15) is 5.76 Å². The Morgan fingerprint density at radius 2 is 1.88 bits per heavy atom. The van der Waals surface area contributed by atoms with E-state index in [9.17, 15) is 9.59 Å². The van der Waals surface area contributed by atoms with Gasteiger partial charge in [0.05, 0.1) is 19.0 Å². The van der Waals surface area contributed by atoms with Gasteiger partial charge >= 0.3 is 0 Å². The van der Waals surface area contributed by atoms with Crippen LogP contribution < -0.4 is 10.7 Å². The standard InChI is InChI=1S/C18H23N3O3/c22-16(21-20-10-15-2-1-3-24-15)11-19-17(23)18-7-12-4-13(8-18)6-14(5-12)9-18/h1-3,10,12-14H,4-9,11H2,(H,19,23)(H,21,22)/b20-10+. The van der Waals surface area contributed by atoms with Gasteiger partial charge in [-0.2, -0.15) is 5.10 Å². The molecule has 24 heavy (non-hydrogen) atoms. The van der Waals surface area contributed by atoms with Gasteiger partial charge in [0, 0.05) is 5.41 Å². The lowest BCUT2D eigenvalue weighted by atomic mass is 9.49. The topological polar surface area (TPSA) is 83.7 Å². The van der Waals surface area contributed by atoms with Gasteiger partial charge in [0.25, 0.3) is 5.91 Å². The van der Waals surface area contributed by atoms with Crippen molar-refractivity contribution in [3.63, 3.8) is 0 Å². The molecule has 6 nitrogen and oxygen atoms in total. The predicted octanol–water partition coefficient (Wildman–Crippen LogP) is 2.06. The number of furan rings is 1. The normalized spacial score (nSPS) is 33.8. The molecular weight excluding hydrogens is 306 g/mol. The first-order valence-electron chi connectivity index (χ1n) is 8.77. The minimum absolute atomic E-state index is 0.0317. The molecule has 0 spiro atoms. The number of carbonyl (C=O) groups is 2. The van der Waals surface area contributed by atoms with Crippen molar-refractivity contribution in [2.24, 2.45) is 28.3 Å². The summed E-state index contributed by atoms with van der Waals surface area (Å²) in [7, 11) is 0. The molecule has 4 aliphatic carbocycles. The monoisotopic (exact) mass is 329 g/mol. The number of carbonyl (C=O) groups excluding carboxylic acids is 2. The molecule has 0 unspecified atom stereocenters. The SMILES string of the molecule is O=C(CNC(=O)C12CC3CC(CC(C3)C1)C2)N/N=C/c1ccco1. The largest absolute Gasteiger partial charge is 0.463 e. The Hall–Kier alpha value is -2.11. The lowest BCUT2D eigenvalue weighted by molar-refractivity contribution is -0.147. The molecule has 6 heteroatoms. The van der Waals surface area contributed by atoms with E-state index in [0.29, 0.717) is 23.5 Å². The van der Waals surface area contributed by atoms with E-state index in [-0.39, 0.29) is 23.8 Å². The van der Waals surface area contributed by atoms with E-state index >= 15 is 0 Å². The van der Waals surface area contributed by atoms with Gasteiger partial charge in [-0.15, -0.1) is 0 Å². The van der Waals surface area contributed by atoms with Crippen LogP contribution in [0.25, 0.3) is 0 Å². The molecule has 4 aliphatic rings. The number of hydrogen-bond acceptors (Lipinski definition) is 4. The van der Waals surface area contributed by atoms with E-state index in [1.54, 1.807) is 12.1 Å². The molecule has 0 atom stereocenters. The first kappa shape index (κ1) is 15.4. The highest BCUT2D eigenvalue weighted by Crippen LogP contribution is 2.60. The fourth-order valence-corrected chi connectivity index (χ4v) is 5.31. The third-order valence-electron chi connectivity index (χ3n) is 5.85. The molecular formula is C18H23N3O3. The second-order valence-corrected chi connectivity index (χ2v) is 7.69. The molecule has 128 valence electrons. The van der Waals surface area contributed by atoms with Crippen LogP contribution in [0.4, 0.5) is 0 Å². The zero-order valence-electron chi connectivity index (χ0n) is 13.7. The second kappa shape index (κ2) is 6.07. The maximum atomic E-state index is 12.7. The van der Waals surface area contributed by atoms with Crippen molar-refractivity contribution in [2.45, 2.75) is 38.5 Å². The summed E-state index contributed by atoms with van der Waals surface area (Å²) in [6.45, 7) is -0.0317. The smallest absolute Gasteiger partial charge is 0.259 e. The maximum Gasteiger partial charge on any atom is 0.259 e. The number of amides is 2. The summed E-state index contributed by atoms with van der Waals surface area (Å²) in [5.41, 5.74) is 2.19. The van der Waals surface area contributed by atoms with Gasteiger partial charge in [-0.05, 0) is 68.4 Å². The molecule has 5 rings (SSSR count). The Kier molecular flexibility index (Phi) is 3.90. The third-order valence-corrected chi connectivity index (χ3v) is 5.85. The van der Waals surface area contributed by atoms with E-state index < -0.39 is 0 Å². The number of rotatable bonds is 5. The Balaban J connectivity index is 1.28. The van der Waals surface area contributed by atoms with Gasteiger partial charge in [0.2, 0.25) is 5.91 Å². The van der Waals surface area contributed by atoms with Crippen molar-refractivity contribution in [3.8, 4) is 0 Å². The van der Waals surface area contributed by atoms with Crippen LogP contribution in [-0.2, 0) is 9.59 Å². The molecule has 4 saturated carbocycles. The fraction of sp³-hybridized carbons (Fsp3) is 0.611. The van der Waals surface area contributed by atoms with Crippen LogP contribution >= 0.6 is 0 Å². The summed E-state index contributed by atoms with van der Waals surface area (Å²) in [4.78, 5) is 24.5. The minimum Gasteiger partial charge on any atom is -0.463 e. The highest BCUT2D eigenvalue weighted by molar-refractivity contribution is 5.88. The molecule has 0 radical (unpaired) electrons. The minimum atomic E-state index is -0.323. The highest BCUT2D eigenvalue weighted by Gasteiger charge is 2.54. The molecule has 2 N–H and O–H groups in total. The van der Waals surface area contributed by atoms with Gasteiger partial charge < -0.3 is 9.73 Å². The van der Waals surface area contributed by atoms with Gasteiger partial charge in [-0.25, -0.2) is 5.43 Å². The molecule has 4 fully saturated rings. The van der Waals surface area contributed by atoms with E-state index in [0.717, 1.165) is 19.3 Å². The Bertz CT molecular complexity index is 615. The van der Waals surface area contributed by atoms with Gasteiger partial charge in [-0.1, -0.05) is 0 Å². The number of nitrogens with zero attached hydrogens (tertiary/aromatic N) is 1. The van der Waals surface area contributed by atoms with Crippen molar-refractivity contribution < 1.29 is 14.0 Å². The Morgan fingerprint density at radius 3 is 2.46 bits per heavy atom. The van der Waals surface area contributed by atoms with Crippen LogP contribution in [0.2, 0.25) is 0 Å². The second-order valence-electron chi connectivity index (χ2n) is 7.69. The quantitative estimate of drug-likeness (QED) is 0.641. The molecule has 0 saturated heterocycles. The molecule has 1 aromatic rings. The number of hydrogen-bond donors (Lipinski definition) is 2. The highest BCUT2D eigenvalue weighted by atomic mass is 16.3. The summed E-state index contributed by atoms with van der Waals surface area (Å²) in [5, 5.41) is 6.65. The summed E-state index contributed by atoms with van der Waals surface area (Å²) in [5.74, 6) is 2.45. The van der Waals surface area contributed by atoms with Crippen molar-refractivity contribution in [1.29, 1.82) is 0 Å². The lowest BCUT2D eigenvalue weighted by Crippen LogP contribution is -2.54. The van der Waals surface area contributed by atoms with Crippen LogP contribution in [0.15, 0.2) is 27.9 Å². The summed E-state index contributed by atoms with van der Waals surface area (Å²) in [6.07, 6.45) is 9.88. The van der Waals surface area contributed by atoms with Crippen LogP contribution in [0.1, 0.15) is 44.3 Å². The molecule has 0 aromatic carbocycles. The Morgan fingerprint density at radius 1 is 1.21 bits per heavy atom. The van der Waals surface area contributed by atoms with E-state index in [4.69, 9.17) is 4.42 Å². The Labute approximate surface area is 141 Å². The van der Waals surface area contributed by atoms with E-state index in [1.807, 2.05) is 0 Å². The molecule has 1 aromatic heterocycles. The zero-order chi connectivity index (χ0) is 16.6. The average Bonchev–Trinajstić information content (AvgIpc) is 3.04. The van der Waals surface area contributed by atoms with Crippen LogP contribution in [-0.4, -0.2) is 24.6 Å². The average molecular weight is 329 g/mol. The maximum absolute atomic E-state index is 12.7. The third kappa shape index (κ3) is 2.97. The fourth-order valence-electron chi connectivity index (χ4n) is 5.31. The first-order chi connectivity index (χ1) is 11.6. The van der Waals surface area contributed by atoms with E-state index in [1.165, 1.54) is 31.7 Å². The van der Waals surface area contributed by atoms with Crippen molar-refractivity contribution >= 4 is 18.0 Å². The van der Waals surface area contributed by atoms with E-state index in [2.05, 4.69) is 15.8 Å². The molecule has 0 aliphatic heterocycles. The lowest BCUT2D eigenvalue weighted by Gasteiger charge is -2.55. The van der Waals surface area contributed by atoms with Crippen LogP contribution in [0.3, 0.4) is 0 Å². The summed E-state index contributed by atoms with van der Waals surface area (Å²) < 4.78 is 5.08. The van der Waals surface area contributed by atoms with Crippen molar-refractivity contribution in [1.82, 2.24) is 10.7 Å². The van der Waals surface area contributed by atoms with Crippen LogP contribution in [0.5, 0.6) is 0 Å². The van der Waals surface area contributed by atoms with Gasteiger partial charge in [0.15, 0.2) is 0 Å². The summed E-state index contributed by atoms with van der Waals surface area (Å²) in [6, 6.07) is 3.49. The van der Waals surface area contributed by atoms with Crippen molar-refractivity contribution in [2.75, 3.05) is 6.54 Å². The van der Waals surface area contributed by atoms with Crippen molar-refractivity contribution in [3.05, 3.63) is 24.2 Å².